The normalized spacial score (nSPS) is 11.5. The molecule has 0 saturated carbocycles. The van der Waals surface area contributed by atoms with Crippen LogP contribution in [0.4, 0.5) is 0 Å². The summed E-state index contributed by atoms with van der Waals surface area (Å²) < 4.78 is 9.96. The molecule has 0 spiro atoms. The van der Waals surface area contributed by atoms with E-state index in [2.05, 4.69) is 0 Å². The third-order valence-corrected chi connectivity index (χ3v) is 3.28. The Kier molecular flexibility index (Phi) is 5.72. The summed E-state index contributed by atoms with van der Waals surface area (Å²) in [5.74, 6) is -2.10. The summed E-state index contributed by atoms with van der Waals surface area (Å²) in [5.41, 5.74) is 1.76. The van der Waals surface area contributed by atoms with Gasteiger partial charge in [-0.3, -0.25) is 9.59 Å². The molecular weight excluding hydrogens is 280 g/mol. The average Bonchev–Trinajstić information content (AvgIpc) is 2.58. The summed E-state index contributed by atoms with van der Waals surface area (Å²) in [7, 11) is 1.27. The van der Waals surface area contributed by atoms with E-state index in [1.54, 1.807) is 0 Å². The van der Waals surface area contributed by atoms with Gasteiger partial charge in [-0.25, -0.2) is 0 Å². The van der Waals surface area contributed by atoms with E-state index in [1.807, 2.05) is 60.7 Å². The van der Waals surface area contributed by atoms with E-state index in [4.69, 9.17) is 9.47 Å². The molecule has 4 nitrogen and oxygen atoms in total. The predicted octanol–water partition coefficient (Wildman–Crippen LogP) is 2.76. The van der Waals surface area contributed by atoms with Gasteiger partial charge in [-0.1, -0.05) is 60.7 Å². The number of esters is 2. The maximum atomic E-state index is 12.2. The lowest BCUT2D eigenvalue weighted by atomic mass is 9.99. The summed E-state index contributed by atoms with van der Waals surface area (Å²) in [5, 5.41) is 0. The first-order valence-corrected chi connectivity index (χ1v) is 7.03. The zero-order valence-electron chi connectivity index (χ0n) is 12.4. The molecule has 0 aliphatic carbocycles. The van der Waals surface area contributed by atoms with Crippen LogP contribution in [-0.2, 0) is 32.1 Å². The van der Waals surface area contributed by atoms with E-state index in [0.717, 1.165) is 11.1 Å². The number of hydrogen-bond donors (Lipinski definition) is 0. The van der Waals surface area contributed by atoms with Gasteiger partial charge in [-0.05, 0) is 17.5 Å². The molecule has 2 rings (SSSR count). The summed E-state index contributed by atoms with van der Waals surface area (Å²) in [4.78, 5) is 24.0. The summed E-state index contributed by atoms with van der Waals surface area (Å²) >= 11 is 0. The van der Waals surface area contributed by atoms with Gasteiger partial charge < -0.3 is 9.47 Å². The van der Waals surface area contributed by atoms with E-state index < -0.39 is 17.9 Å². The fourth-order valence-corrected chi connectivity index (χ4v) is 2.08. The van der Waals surface area contributed by atoms with E-state index in [9.17, 15) is 9.59 Å². The highest BCUT2D eigenvalue weighted by Crippen LogP contribution is 2.13. The zero-order valence-corrected chi connectivity index (χ0v) is 12.4. The quantitative estimate of drug-likeness (QED) is 0.608. The van der Waals surface area contributed by atoms with Crippen molar-refractivity contribution in [1.82, 2.24) is 0 Å². The Hall–Kier alpha value is -2.62. The first-order valence-electron chi connectivity index (χ1n) is 7.03. The minimum atomic E-state index is -0.948. The largest absolute Gasteiger partial charge is 0.468 e. The summed E-state index contributed by atoms with van der Waals surface area (Å²) in [6.07, 6.45) is 0.265. The predicted molar refractivity (Wildman–Crippen MR) is 81.9 cm³/mol. The zero-order chi connectivity index (χ0) is 15.8. The molecule has 0 bridgehead atoms. The van der Waals surface area contributed by atoms with E-state index >= 15 is 0 Å². The lowest BCUT2D eigenvalue weighted by Crippen LogP contribution is -2.29. The van der Waals surface area contributed by atoms with Crippen molar-refractivity contribution in [1.29, 1.82) is 0 Å². The summed E-state index contributed by atoms with van der Waals surface area (Å²) in [6, 6.07) is 18.7. The highest BCUT2D eigenvalue weighted by atomic mass is 16.5. The van der Waals surface area contributed by atoms with E-state index in [0.29, 0.717) is 0 Å². The van der Waals surface area contributed by atoms with Crippen molar-refractivity contribution in [3.63, 3.8) is 0 Å². The number of carbonyl (C=O) groups is 2. The number of rotatable bonds is 6. The topological polar surface area (TPSA) is 52.6 Å². The molecule has 2 aromatic carbocycles. The Bertz CT molecular complexity index is 607. The minimum absolute atomic E-state index is 0.141. The molecule has 0 fully saturated rings. The second kappa shape index (κ2) is 7.98. The Labute approximate surface area is 129 Å². The Balaban J connectivity index is 2.02. The number of hydrogen-bond acceptors (Lipinski definition) is 4. The minimum Gasteiger partial charge on any atom is -0.468 e. The van der Waals surface area contributed by atoms with Crippen molar-refractivity contribution in [2.24, 2.45) is 5.92 Å². The van der Waals surface area contributed by atoms with Crippen molar-refractivity contribution in [3.8, 4) is 0 Å². The molecule has 0 N–H and O–H groups in total. The molecule has 0 aromatic heterocycles. The van der Waals surface area contributed by atoms with Crippen LogP contribution in [0, 0.1) is 5.92 Å². The lowest BCUT2D eigenvalue weighted by Gasteiger charge is -2.14. The number of benzene rings is 2. The van der Waals surface area contributed by atoms with Gasteiger partial charge in [-0.15, -0.1) is 0 Å². The first kappa shape index (κ1) is 15.8. The number of carbonyl (C=O) groups excluding carboxylic acids is 2. The lowest BCUT2D eigenvalue weighted by molar-refractivity contribution is -0.161. The summed E-state index contributed by atoms with van der Waals surface area (Å²) in [6.45, 7) is 0.141. The van der Waals surface area contributed by atoms with Crippen molar-refractivity contribution < 1.29 is 19.1 Å². The van der Waals surface area contributed by atoms with Crippen LogP contribution in [0.25, 0.3) is 0 Å². The second-order valence-electron chi connectivity index (χ2n) is 4.86. The molecule has 1 unspecified atom stereocenters. The van der Waals surface area contributed by atoms with Crippen molar-refractivity contribution >= 4 is 11.9 Å². The molecule has 1 atom stereocenters. The van der Waals surface area contributed by atoms with Gasteiger partial charge in [0.2, 0.25) is 0 Å². The van der Waals surface area contributed by atoms with Gasteiger partial charge in [-0.2, -0.15) is 0 Å². The van der Waals surface area contributed by atoms with Gasteiger partial charge in [0.1, 0.15) is 6.61 Å². The van der Waals surface area contributed by atoms with Crippen LogP contribution in [-0.4, -0.2) is 19.0 Å². The highest BCUT2D eigenvalue weighted by molar-refractivity contribution is 5.95. The molecule has 4 heteroatoms. The second-order valence-corrected chi connectivity index (χ2v) is 4.86. The monoisotopic (exact) mass is 298 g/mol. The maximum Gasteiger partial charge on any atom is 0.321 e. The molecule has 0 aliphatic heterocycles. The highest BCUT2D eigenvalue weighted by Gasteiger charge is 2.29. The Morgan fingerprint density at radius 3 is 1.95 bits per heavy atom. The van der Waals surface area contributed by atoms with Crippen LogP contribution in [0.1, 0.15) is 11.1 Å². The van der Waals surface area contributed by atoms with Crippen LogP contribution in [0.15, 0.2) is 60.7 Å². The molecule has 0 radical (unpaired) electrons. The fourth-order valence-electron chi connectivity index (χ4n) is 2.08. The van der Waals surface area contributed by atoms with Gasteiger partial charge in [0.05, 0.1) is 7.11 Å². The molecular formula is C18H18O4. The third-order valence-electron chi connectivity index (χ3n) is 3.28. The number of methoxy groups -OCH3 is 1. The molecule has 2 aromatic rings. The molecule has 0 amide bonds. The van der Waals surface area contributed by atoms with Crippen LogP contribution >= 0.6 is 0 Å². The van der Waals surface area contributed by atoms with Gasteiger partial charge in [0, 0.05) is 0 Å². The third kappa shape index (κ3) is 4.45. The van der Waals surface area contributed by atoms with Gasteiger partial charge >= 0.3 is 11.9 Å². The smallest absolute Gasteiger partial charge is 0.321 e. The van der Waals surface area contributed by atoms with Crippen molar-refractivity contribution in [2.75, 3.05) is 7.11 Å². The standard InChI is InChI=1S/C18H18O4/c1-21-17(19)16(12-14-8-4-2-5-9-14)18(20)22-13-15-10-6-3-7-11-15/h2-11,16H,12-13H2,1H3. The van der Waals surface area contributed by atoms with E-state index in [-0.39, 0.29) is 13.0 Å². The SMILES string of the molecule is COC(=O)C(Cc1ccccc1)C(=O)OCc1ccccc1. The van der Waals surface area contributed by atoms with Crippen LogP contribution in [0.3, 0.4) is 0 Å². The van der Waals surface area contributed by atoms with Crippen molar-refractivity contribution in [2.45, 2.75) is 13.0 Å². The maximum absolute atomic E-state index is 12.2. The van der Waals surface area contributed by atoms with E-state index in [1.165, 1.54) is 7.11 Å². The molecule has 22 heavy (non-hydrogen) atoms. The molecule has 0 aliphatic rings. The van der Waals surface area contributed by atoms with Crippen LogP contribution in [0.2, 0.25) is 0 Å². The Morgan fingerprint density at radius 2 is 1.41 bits per heavy atom. The van der Waals surface area contributed by atoms with Gasteiger partial charge in [0.25, 0.3) is 0 Å². The van der Waals surface area contributed by atoms with Gasteiger partial charge in [0.15, 0.2) is 5.92 Å². The molecule has 0 heterocycles. The first-order chi connectivity index (χ1) is 10.7. The fraction of sp³-hybridized carbons (Fsp3) is 0.222. The van der Waals surface area contributed by atoms with Crippen molar-refractivity contribution in [3.05, 3.63) is 71.8 Å². The van der Waals surface area contributed by atoms with Crippen LogP contribution in [0.5, 0.6) is 0 Å². The number of ether oxygens (including phenoxy) is 2. The molecule has 114 valence electrons. The van der Waals surface area contributed by atoms with Crippen LogP contribution < -0.4 is 0 Å². The Morgan fingerprint density at radius 1 is 0.864 bits per heavy atom. The molecule has 0 saturated heterocycles. The average molecular weight is 298 g/mol.